The minimum atomic E-state index is -0.126. The Labute approximate surface area is 133 Å². The first-order valence-corrected chi connectivity index (χ1v) is 7.97. The summed E-state index contributed by atoms with van der Waals surface area (Å²) in [4.78, 5) is 25.6. The smallest absolute Gasteiger partial charge is 0.209 e. The van der Waals surface area contributed by atoms with Gasteiger partial charge in [0.1, 0.15) is 0 Å². The molecule has 22 heavy (non-hydrogen) atoms. The Balaban J connectivity index is 1.71. The molecule has 0 aromatic heterocycles. The van der Waals surface area contributed by atoms with Crippen LogP contribution < -0.4 is 5.32 Å². The number of hydrogen-bond acceptors (Lipinski definition) is 4. The number of allylic oxidation sites excluding steroid dienone is 2. The Hall–Kier alpha value is -2.33. The lowest BCUT2D eigenvalue weighted by atomic mass is 9.93. The van der Waals surface area contributed by atoms with Crippen LogP contribution in [0.2, 0.25) is 0 Å². The molecule has 0 spiro atoms. The predicted octanol–water partition coefficient (Wildman–Crippen LogP) is 3.60. The number of carbonyl (C=O) groups is 2. The zero-order chi connectivity index (χ0) is 15.5. The Morgan fingerprint density at radius 2 is 1.64 bits per heavy atom. The van der Waals surface area contributed by atoms with Gasteiger partial charge in [-0.3, -0.25) is 9.59 Å². The van der Waals surface area contributed by atoms with Gasteiger partial charge >= 0.3 is 0 Å². The minimum absolute atomic E-state index is 0.124. The molecule has 0 unspecified atom stereocenters. The molecule has 2 aromatic rings. The molecule has 0 saturated carbocycles. The van der Waals surface area contributed by atoms with E-state index >= 15 is 0 Å². The van der Waals surface area contributed by atoms with Crippen LogP contribution in [0, 0.1) is 6.92 Å². The molecule has 3 nitrogen and oxygen atoms in total. The number of benzene rings is 2. The largest absolute Gasteiger partial charge is 0.372 e. The van der Waals surface area contributed by atoms with Gasteiger partial charge in [-0.1, -0.05) is 42.5 Å². The van der Waals surface area contributed by atoms with Crippen LogP contribution in [0.15, 0.2) is 65.2 Å². The zero-order valence-electron chi connectivity index (χ0n) is 12.1. The predicted molar refractivity (Wildman–Crippen MR) is 88.2 cm³/mol. The van der Waals surface area contributed by atoms with Crippen LogP contribution in [-0.4, -0.2) is 17.4 Å². The fourth-order valence-corrected chi connectivity index (χ4v) is 3.21. The summed E-state index contributed by atoms with van der Waals surface area (Å²) in [6, 6.07) is 15.0. The van der Waals surface area contributed by atoms with Gasteiger partial charge in [-0.15, -0.1) is 11.8 Å². The topological polar surface area (TPSA) is 46.2 Å². The highest BCUT2D eigenvalue weighted by molar-refractivity contribution is 7.99. The van der Waals surface area contributed by atoms with Crippen molar-refractivity contribution in [3.05, 3.63) is 77.0 Å². The van der Waals surface area contributed by atoms with E-state index in [9.17, 15) is 9.59 Å². The molecule has 110 valence electrons. The highest BCUT2D eigenvalue weighted by Crippen LogP contribution is 2.23. The molecule has 0 bridgehead atoms. The summed E-state index contributed by atoms with van der Waals surface area (Å²) in [6.45, 7) is 2.05. The minimum Gasteiger partial charge on any atom is -0.372 e. The molecule has 2 aromatic carbocycles. The molecule has 0 radical (unpaired) electrons. The quantitative estimate of drug-likeness (QED) is 0.692. The van der Waals surface area contributed by atoms with Gasteiger partial charge in [0.15, 0.2) is 5.78 Å². The number of thioether (sulfide) groups is 1. The maximum Gasteiger partial charge on any atom is 0.209 e. The molecule has 0 heterocycles. The van der Waals surface area contributed by atoms with Gasteiger partial charge in [0.2, 0.25) is 5.78 Å². The van der Waals surface area contributed by atoms with Crippen LogP contribution >= 0.6 is 11.8 Å². The van der Waals surface area contributed by atoms with Crippen LogP contribution in [0.5, 0.6) is 0 Å². The fourth-order valence-electron chi connectivity index (χ4n) is 2.36. The summed E-state index contributed by atoms with van der Waals surface area (Å²) in [5, 5.41) is 3.07. The summed E-state index contributed by atoms with van der Waals surface area (Å²) in [5.74, 6) is 0.289. The molecular weight excluding hydrogens is 294 g/mol. The van der Waals surface area contributed by atoms with E-state index in [4.69, 9.17) is 0 Å². The van der Waals surface area contributed by atoms with Crippen LogP contribution in [0.1, 0.15) is 26.3 Å². The lowest BCUT2D eigenvalue weighted by molar-refractivity contribution is 0.0979. The maximum atomic E-state index is 12.4. The van der Waals surface area contributed by atoms with Crippen molar-refractivity contribution in [3.8, 4) is 0 Å². The van der Waals surface area contributed by atoms with Crippen molar-refractivity contribution in [2.45, 2.75) is 11.8 Å². The molecule has 0 atom stereocenters. The van der Waals surface area contributed by atoms with Crippen molar-refractivity contribution in [3.63, 3.8) is 0 Å². The first-order valence-electron chi connectivity index (χ1n) is 6.99. The third kappa shape index (κ3) is 2.83. The van der Waals surface area contributed by atoms with Gasteiger partial charge < -0.3 is 5.32 Å². The Kier molecular flexibility index (Phi) is 4.11. The number of nitrogens with one attached hydrogen (secondary N) is 1. The Bertz CT molecular complexity index is 780. The molecule has 4 heteroatoms. The van der Waals surface area contributed by atoms with Gasteiger partial charge in [0.05, 0.1) is 11.6 Å². The summed E-state index contributed by atoms with van der Waals surface area (Å²) in [7, 11) is 0. The summed E-state index contributed by atoms with van der Waals surface area (Å²) >= 11 is 1.61. The fraction of sp³-hybridized carbons (Fsp3) is 0.111. The van der Waals surface area contributed by atoms with Crippen molar-refractivity contribution >= 4 is 23.3 Å². The molecule has 0 aliphatic heterocycles. The van der Waals surface area contributed by atoms with Crippen molar-refractivity contribution in [2.75, 3.05) is 5.88 Å². The Morgan fingerprint density at radius 1 is 0.955 bits per heavy atom. The normalized spacial score (nSPS) is 13.6. The molecule has 1 N–H and O–H groups in total. The lowest BCUT2D eigenvalue weighted by Crippen LogP contribution is -2.26. The standard InChI is InChI=1S/C18H15NO2S/c1-12-6-2-5-9-17(12)22-11-19-15-10-16(20)13-7-3-4-8-14(13)18(15)21/h2-10,19H,11H2,1H3. The van der Waals surface area contributed by atoms with E-state index < -0.39 is 0 Å². The Morgan fingerprint density at radius 3 is 2.41 bits per heavy atom. The van der Waals surface area contributed by atoms with E-state index in [2.05, 4.69) is 5.32 Å². The highest BCUT2D eigenvalue weighted by Gasteiger charge is 2.24. The number of fused-ring (bicyclic) bond motifs is 1. The maximum absolute atomic E-state index is 12.4. The summed E-state index contributed by atoms with van der Waals surface area (Å²) in [6.07, 6.45) is 1.39. The second-order valence-corrected chi connectivity index (χ2v) is 6.05. The first-order chi connectivity index (χ1) is 10.7. The van der Waals surface area contributed by atoms with Crippen LogP contribution in [-0.2, 0) is 0 Å². The van der Waals surface area contributed by atoms with E-state index in [0.29, 0.717) is 22.7 Å². The van der Waals surface area contributed by atoms with Gasteiger partial charge in [-0.2, -0.15) is 0 Å². The number of ketones is 2. The number of aryl methyl sites for hydroxylation is 1. The third-order valence-corrected chi connectivity index (χ3v) is 4.60. The molecule has 3 rings (SSSR count). The van der Waals surface area contributed by atoms with Crippen molar-refractivity contribution in [1.82, 2.24) is 5.32 Å². The van der Waals surface area contributed by atoms with Gasteiger partial charge in [-0.05, 0) is 18.6 Å². The summed E-state index contributed by atoms with van der Waals surface area (Å²) < 4.78 is 0. The van der Waals surface area contributed by atoms with Crippen LogP contribution in [0.3, 0.4) is 0 Å². The third-order valence-electron chi connectivity index (χ3n) is 3.54. The van der Waals surface area contributed by atoms with E-state index in [1.807, 2.05) is 31.2 Å². The number of hydrogen-bond donors (Lipinski definition) is 1. The average Bonchev–Trinajstić information content (AvgIpc) is 2.54. The van der Waals surface area contributed by atoms with E-state index in [-0.39, 0.29) is 11.6 Å². The molecule has 0 amide bonds. The second-order valence-electron chi connectivity index (χ2n) is 5.03. The van der Waals surface area contributed by atoms with Crippen LogP contribution in [0.4, 0.5) is 0 Å². The number of carbonyl (C=O) groups excluding carboxylic acids is 2. The zero-order valence-corrected chi connectivity index (χ0v) is 12.9. The van der Waals surface area contributed by atoms with Gasteiger partial charge in [0.25, 0.3) is 0 Å². The van der Waals surface area contributed by atoms with E-state index in [1.54, 1.807) is 36.0 Å². The summed E-state index contributed by atoms with van der Waals surface area (Å²) in [5.41, 5.74) is 2.51. The molecule has 0 saturated heterocycles. The average molecular weight is 309 g/mol. The van der Waals surface area contributed by atoms with E-state index in [0.717, 1.165) is 4.90 Å². The highest BCUT2D eigenvalue weighted by atomic mass is 32.2. The first kappa shape index (κ1) is 14.6. The molecular formula is C18H15NO2S. The SMILES string of the molecule is Cc1ccccc1SCNC1=CC(=O)c2ccccc2C1=O. The van der Waals surface area contributed by atoms with E-state index in [1.165, 1.54) is 11.6 Å². The lowest BCUT2D eigenvalue weighted by Gasteiger charge is -2.16. The number of rotatable bonds is 4. The molecule has 0 fully saturated rings. The van der Waals surface area contributed by atoms with Gasteiger partial charge in [-0.25, -0.2) is 0 Å². The van der Waals surface area contributed by atoms with Crippen molar-refractivity contribution in [1.29, 1.82) is 0 Å². The van der Waals surface area contributed by atoms with Crippen molar-refractivity contribution < 1.29 is 9.59 Å². The monoisotopic (exact) mass is 309 g/mol. The molecule has 1 aliphatic rings. The molecule has 1 aliphatic carbocycles. The van der Waals surface area contributed by atoms with Crippen molar-refractivity contribution in [2.24, 2.45) is 0 Å². The van der Waals surface area contributed by atoms with Crippen LogP contribution in [0.25, 0.3) is 0 Å². The van der Waals surface area contributed by atoms with Gasteiger partial charge in [0, 0.05) is 22.1 Å². The second kappa shape index (κ2) is 6.20. The number of Topliss-reactive ketones (excluding diaryl/α,β-unsaturated/α-hetero) is 1.